The second-order valence-electron chi connectivity index (χ2n) is 12.4. The highest BCUT2D eigenvalue weighted by atomic mass is 16.6. The monoisotopic (exact) mass is 581 g/mol. The molecule has 3 aromatic carbocycles. The normalized spacial score (nSPS) is 14.1. The lowest BCUT2D eigenvalue weighted by molar-refractivity contribution is -0.154. The summed E-state index contributed by atoms with van der Waals surface area (Å²) in [5, 5.41) is 8.50. The molecule has 226 valence electrons. The van der Waals surface area contributed by atoms with Crippen LogP contribution in [-0.2, 0) is 27.3 Å². The highest BCUT2D eigenvalue weighted by molar-refractivity contribution is 5.96. The number of aryl methyl sites for hydroxylation is 2. The molecule has 0 bridgehead atoms. The van der Waals surface area contributed by atoms with E-state index >= 15 is 0 Å². The number of nitrogens with one attached hydrogen (secondary N) is 1. The van der Waals surface area contributed by atoms with E-state index in [4.69, 9.17) is 4.74 Å². The van der Waals surface area contributed by atoms with Crippen molar-refractivity contribution in [3.05, 3.63) is 101 Å². The Bertz CT molecular complexity index is 1440. The summed E-state index contributed by atoms with van der Waals surface area (Å²) in [7, 11) is 0. The smallest absolute Gasteiger partial charge is 0.306 e. The third-order valence-corrected chi connectivity index (χ3v) is 7.84. The molecule has 1 unspecified atom stereocenters. The molecule has 0 heterocycles. The number of benzene rings is 3. The van der Waals surface area contributed by atoms with E-state index in [0.717, 1.165) is 47.9 Å². The summed E-state index contributed by atoms with van der Waals surface area (Å²) in [6.45, 7) is 11.4. The first-order valence-corrected chi connectivity index (χ1v) is 15.1. The summed E-state index contributed by atoms with van der Waals surface area (Å²) >= 11 is 0. The maximum atomic E-state index is 13.8. The first-order valence-electron chi connectivity index (χ1n) is 15.1. The molecule has 3 aromatic rings. The minimum absolute atomic E-state index is 0.0342. The topological polar surface area (TPSA) is 88.1 Å². The van der Waals surface area contributed by atoms with Crippen LogP contribution in [0, 0.1) is 12.8 Å². The van der Waals surface area contributed by atoms with Gasteiger partial charge in [-0.05, 0) is 93.3 Å². The quantitative estimate of drug-likeness (QED) is 0.145. The Hall–Kier alpha value is -4.26. The molecule has 4 rings (SSSR count). The highest BCUT2D eigenvalue weighted by Crippen LogP contribution is 2.38. The number of ether oxygens (including phenoxy) is 1. The van der Waals surface area contributed by atoms with Crippen molar-refractivity contribution in [2.24, 2.45) is 11.0 Å². The van der Waals surface area contributed by atoms with Crippen molar-refractivity contribution in [1.82, 2.24) is 5.01 Å². The summed E-state index contributed by atoms with van der Waals surface area (Å²) in [5.41, 5.74) is 4.51. The molecule has 43 heavy (non-hydrogen) atoms. The van der Waals surface area contributed by atoms with Gasteiger partial charge in [-0.25, -0.2) is 5.01 Å². The Morgan fingerprint density at radius 1 is 0.977 bits per heavy atom. The van der Waals surface area contributed by atoms with Crippen LogP contribution in [-0.4, -0.2) is 35.1 Å². The molecule has 0 aliphatic heterocycles. The largest absolute Gasteiger partial charge is 0.460 e. The molecule has 7 nitrogen and oxygen atoms in total. The van der Waals surface area contributed by atoms with Crippen LogP contribution in [0.2, 0.25) is 0 Å². The Labute approximate surface area is 255 Å². The van der Waals surface area contributed by atoms with Gasteiger partial charge in [-0.2, -0.15) is 5.10 Å². The molecule has 1 atom stereocenters. The summed E-state index contributed by atoms with van der Waals surface area (Å²) in [5.74, 6) is -0.501. The molecule has 7 heteroatoms. The number of hydrazone groups is 1. The van der Waals surface area contributed by atoms with Crippen LogP contribution in [0.3, 0.4) is 0 Å². The van der Waals surface area contributed by atoms with Crippen LogP contribution in [0.25, 0.3) is 0 Å². The third kappa shape index (κ3) is 8.87. The van der Waals surface area contributed by atoms with Gasteiger partial charge in [-0.3, -0.25) is 14.4 Å². The van der Waals surface area contributed by atoms with Crippen LogP contribution >= 0.6 is 0 Å². The number of amides is 2. The molecule has 1 N–H and O–H groups in total. The lowest BCUT2D eigenvalue weighted by Gasteiger charge is -2.24. The molecule has 1 saturated carbocycles. The highest BCUT2D eigenvalue weighted by Gasteiger charge is 2.32. The molecule has 0 radical (unpaired) electrons. The predicted octanol–water partition coefficient (Wildman–Crippen LogP) is 7.44. The average molecular weight is 582 g/mol. The van der Waals surface area contributed by atoms with Gasteiger partial charge in [-0.15, -0.1) is 0 Å². The van der Waals surface area contributed by atoms with Gasteiger partial charge in [0.2, 0.25) is 5.91 Å². The first kappa shape index (κ1) is 31.7. The van der Waals surface area contributed by atoms with Gasteiger partial charge in [0.1, 0.15) is 5.60 Å². The molecular formula is C36H43N3O4. The third-order valence-electron chi connectivity index (χ3n) is 7.84. The number of rotatable bonds is 11. The summed E-state index contributed by atoms with van der Waals surface area (Å²) in [4.78, 5) is 39.0. The molecule has 0 saturated heterocycles. The van der Waals surface area contributed by atoms with Crippen molar-refractivity contribution in [2.75, 3.05) is 5.32 Å². The number of carbonyl (C=O) groups is 3. The number of carbonyl (C=O) groups excluding carboxylic acids is 3. The number of anilines is 1. The molecule has 1 fully saturated rings. The average Bonchev–Trinajstić information content (AvgIpc) is 3.49. The SMILES string of the molecule is C=NN(Cc1ccc(C(C(=O)Nc2cccc(CCC(=O)OC(C)(C)C)c2)C2CCCC2)cc1)C(=O)c1ccccc1C. The van der Waals surface area contributed by atoms with E-state index < -0.39 is 5.60 Å². The first-order chi connectivity index (χ1) is 20.5. The minimum Gasteiger partial charge on any atom is -0.460 e. The van der Waals surface area contributed by atoms with Crippen molar-refractivity contribution < 1.29 is 19.1 Å². The number of hydrogen-bond acceptors (Lipinski definition) is 5. The van der Waals surface area contributed by atoms with E-state index in [9.17, 15) is 14.4 Å². The van der Waals surface area contributed by atoms with E-state index in [2.05, 4.69) is 17.1 Å². The Kier molecular flexibility index (Phi) is 10.5. The van der Waals surface area contributed by atoms with E-state index in [1.54, 1.807) is 6.07 Å². The van der Waals surface area contributed by atoms with E-state index in [-0.39, 0.29) is 42.6 Å². The maximum Gasteiger partial charge on any atom is 0.306 e. The second-order valence-corrected chi connectivity index (χ2v) is 12.4. The van der Waals surface area contributed by atoms with Crippen LogP contribution in [0.1, 0.15) is 91.4 Å². The van der Waals surface area contributed by atoms with Crippen LogP contribution in [0.5, 0.6) is 0 Å². The van der Waals surface area contributed by atoms with Crippen molar-refractivity contribution in [1.29, 1.82) is 0 Å². The number of esters is 1. The molecular weight excluding hydrogens is 538 g/mol. The zero-order valence-corrected chi connectivity index (χ0v) is 25.8. The second kappa shape index (κ2) is 14.3. The van der Waals surface area contributed by atoms with Crippen molar-refractivity contribution in [2.45, 2.75) is 84.3 Å². The van der Waals surface area contributed by atoms with Gasteiger partial charge in [-0.1, -0.05) is 67.4 Å². The summed E-state index contributed by atoms with van der Waals surface area (Å²) in [6, 6.07) is 23.0. The van der Waals surface area contributed by atoms with E-state index in [1.165, 1.54) is 5.01 Å². The lowest BCUT2D eigenvalue weighted by atomic mass is 9.83. The zero-order valence-electron chi connectivity index (χ0n) is 25.8. The maximum absolute atomic E-state index is 13.8. The van der Waals surface area contributed by atoms with Gasteiger partial charge in [0, 0.05) is 24.4 Å². The fourth-order valence-electron chi connectivity index (χ4n) is 5.73. The zero-order chi connectivity index (χ0) is 31.0. The van der Waals surface area contributed by atoms with Crippen molar-refractivity contribution in [3.8, 4) is 0 Å². The standard InChI is InChI=1S/C36H43N3O4/c1-25-11-6-9-16-31(25)35(42)39(37-5)24-27-17-20-29(21-18-27)33(28-13-7-8-14-28)34(41)38-30-15-10-12-26(23-30)19-22-32(40)43-36(2,3)4/h6,9-12,15-18,20-21,23,28,33H,5,7-8,13-14,19,22,24H2,1-4H3,(H,38,41). The van der Waals surface area contributed by atoms with Gasteiger partial charge in [0.15, 0.2) is 0 Å². The lowest BCUT2D eigenvalue weighted by Crippen LogP contribution is -2.27. The Morgan fingerprint density at radius 3 is 2.33 bits per heavy atom. The van der Waals surface area contributed by atoms with Gasteiger partial charge in [0.25, 0.3) is 5.91 Å². The summed E-state index contributed by atoms with van der Waals surface area (Å²) in [6.07, 6.45) is 5.07. The van der Waals surface area contributed by atoms with Crippen molar-refractivity contribution in [3.63, 3.8) is 0 Å². The van der Waals surface area contributed by atoms with Gasteiger partial charge in [0.05, 0.1) is 12.5 Å². The molecule has 2 amide bonds. The predicted molar refractivity (Wildman–Crippen MR) is 171 cm³/mol. The van der Waals surface area contributed by atoms with Crippen molar-refractivity contribution >= 4 is 30.2 Å². The molecule has 0 spiro atoms. The van der Waals surface area contributed by atoms with Crippen LogP contribution in [0.15, 0.2) is 77.9 Å². The number of nitrogens with zero attached hydrogens (tertiary/aromatic N) is 2. The molecule has 1 aliphatic carbocycles. The number of hydrogen-bond donors (Lipinski definition) is 1. The van der Waals surface area contributed by atoms with Crippen LogP contribution in [0.4, 0.5) is 5.69 Å². The fourth-order valence-corrected chi connectivity index (χ4v) is 5.73. The van der Waals surface area contributed by atoms with Crippen LogP contribution < -0.4 is 5.32 Å². The minimum atomic E-state index is -0.513. The Morgan fingerprint density at radius 2 is 1.67 bits per heavy atom. The van der Waals surface area contributed by atoms with Gasteiger partial charge < -0.3 is 10.1 Å². The summed E-state index contributed by atoms with van der Waals surface area (Å²) < 4.78 is 5.43. The Balaban J connectivity index is 1.45. The van der Waals surface area contributed by atoms with E-state index in [1.807, 2.05) is 94.4 Å². The fraction of sp³-hybridized carbons (Fsp3) is 0.389. The van der Waals surface area contributed by atoms with E-state index in [0.29, 0.717) is 17.7 Å². The molecule has 0 aromatic heterocycles. The molecule has 1 aliphatic rings. The van der Waals surface area contributed by atoms with Gasteiger partial charge >= 0.3 is 5.97 Å².